The zero-order chi connectivity index (χ0) is 27.4. The zero-order valence-electron chi connectivity index (χ0n) is 21.0. The summed E-state index contributed by atoms with van der Waals surface area (Å²) in [6.45, 7) is 5.63. The topological polar surface area (TPSA) is 132 Å². The van der Waals surface area contributed by atoms with Crippen LogP contribution in [0.3, 0.4) is 0 Å². The zero-order valence-corrected chi connectivity index (χ0v) is 21.8. The SMILES string of the molecule is Cc1cc(/N=c2\[nH]c(=O)n(Cc3cccc(C(=O)O)n3)c(=O)n2Cc2ccc(Cl)cc2)ccc1OC(C)C. The van der Waals surface area contributed by atoms with Gasteiger partial charge in [0.1, 0.15) is 11.4 Å². The first-order valence-corrected chi connectivity index (χ1v) is 12.2. The molecule has 38 heavy (non-hydrogen) atoms. The van der Waals surface area contributed by atoms with Crippen molar-refractivity contribution in [1.29, 1.82) is 0 Å². The number of ether oxygens (including phenoxy) is 1. The van der Waals surface area contributed by atoms with Crippen LogP contribution >= 0.6 is 11.6 Å². The molecule has 4 rings (SSSR count). The van der Waals surface area contributed by atoms with Crippen molar-refractivity contribution in [2.24, 2.45) is 4.99 Å². The number of carbonyl (C=O) groups is 1. The molecule has 2 aromatic carbocycles. The van der Waals surface area contributed by atoms with Crippen molar-refractivity contribution in [3.8, 4) is 5.75 Å². The van der Waals surface area contributed by atoms with Crippen LogP contribution in [0.15, 0.2) is 75.2 Å². The van der Waals surface area contributed by atoms with Crippen molar-refractivity contribution in [3.63, 3.8) is 0 Å². The van der Waals surface area contributed by atoms with Gasteiger partial charge >= 0.3 is 17.3 Å². The number of nitrogens with zero attached hydrogens (tertiary/aromatic N) is 4. The standard InChI is InChI=1S/C27H26ClN5O5/c1-16(2)38-23-12-11-20(13-17(23)3)30-25-31-26(36)33(15-21-5-4-6-22(29-21)24(34)35)27(37)32(25)14-18-7-9-19(28)10-8-18/h4-13,16H,14-15H2,1-3H3,(H,34,35)(H,30,31,36). The lowest BCUT2D eigenvalue weighted by Crippen LogP contribution is -2.50. The Labute approximate surface area is 222 Å². The number of carboxylic acid groups (broad SMARTS) is 1. The van der Waals surface area contributed by atoms with Crippen LogP contribution in [0.1, 0.15) is 41.2 Å². The molecule has 0 saturated carbocycles. The number of aromatic carboxylic acids is 1. The number of H-pyrrole nitrogens is 1. The Hall–Kier alpha value is -4.44. The number of aromatic amines is 1. The first-order valence-electron chi connectivity index (χ1n) is 11.8. The fourth-order valence-corrected chi connectivity index (χ4v) is 3.88. The molecule has 0 saturated heterocycles. The quantitative estimate of drug-likeness (QED) is 0.355. The molecule has 11 heteroatoms. The van der Waals surface area contributed by atoms with E-state index in [9.17, 15) is 19.5 Å². The molecule has 0 fully saturated rings. The van der Waals surface area contributed by atoms with Gasteiger partial charge in [-0.05, 0) is 74.4 Å². The van der Waals surface area contributed by atoms with E-state index in [1.807, 2.05) is 20.8 Å². The first-order chi connectivity index (χ1) is 18.1. The third-order valence-corrected chi connectivity index (χ3v) is 5.79. The van der Waals surface area contributed by atoms with Crippen LogP contribution in [-0.4, -0.2) is 36.3 Å². The second-order valence-corrected chi connectivity index (χ2v) is 9.32. The van der Waals surface area contributed by atoms with Gasteiger partial charge in [-0.3, -0.25) is 9.55 Å². The molecule has 0 radical (unpaired) electrons. The van der Waals surface area contributed by atoms with Crippen LogP contribution in [0.5, 0.6) is 5.75 Å². The van der Waals surface area contributed by atoms with Crippen LogP contribution in [0.25, 0.3) is 0 Å². The van der Waals surface area contributed by atoms with Crippen molar-refractivity contribution in [2.45, 2.75) is 40.0 Å². The van der Waals surface area contributed by atoms with E-state index < -0.39 is 17.3 Å². The normalized spacial score (nSPS) is 11.7. The predicted molar refractivity (Wildman–Crippen MR) is 142 cm³/mol. The Morgan fingerprint density at radius 3 is 2.47 bits per heavy atom. The summed E-state index contributed by atoms with van der Waals surface area (Å²) in [6, 6.07) is 16.7. The number of hydrogen-bond donors (Lipinski definition) is 2. The largest absolute Gasteiger partial charge is 0.491 e. The third-order valence-electron chi connectivity index (χ3n) is 5.54. The number of carboxylic acids is 1. The predicted octanol–water partition coefficient (Wildman–Crippen LogP) is 3.51. The monoisotopic (exact) mass is 535 g/mol. The maximum absolute atomic E-state index is 13.6. The van der Waals surface area contributed by atoms with E-state index in [1.54, 1.807) is 48.5 Å². The van der Waals surface area contributed by atoms with Crippen molar-refractivity contribution < 1.29 is 14.6 Å². The summed E-state index contributed by atoms with van der Waals surface area (Å²) in [5.74, 6) is -0.492. The van der Waals surface area contributed by atoms with Crippen molar-refractivity contribution in [2.75, 3.05) is 0 Å². The molecular formula is C27H26ClN5O5. The van der Waals surface area contributed by atoms with Crippen LogP contribution in [-0.2, 0) is 13.1 Å². The van der Waals surface area contributed by atoms with E-state index in [0.717, 1.165) is 15.7 Å². The van der Waals surface area contributed by atoms with Gasteiger partial charge in [0.2, 0.25) is 5.62 Å². The maximum atomic E-state index is 13.6. The van der Waals surface area contributed by atoms with Gasteiger partial charge in [-0.25, -0.2) is 28.9 Å². The Kier molecular flexibility index (Phi) is 7.92. The van der Waals surface area contributed by atoms with Crippen LogP contribution in [0.4, 0.5) is 5.69 Å². The molecule has 0 aliphatic heterocycles. The first kappa shape index (κ1) is 26.6. The number of nitrogens with one attached hydrogen (secondary N) is 1. The molecule has 0 aliphatic carbocycles. The maximum Gasteiger partial charge on any atom is 0.354 e. The summed E-state index contributed by atoms with van der Waals surface area (Å²) < 4.78 is 8.07. The molecular weight excluding hydrogens is 510 g/mol. The molecule has 0 spiro atoms. The Bertz CT molecular complexity index is 1670. The van der Waals surface area contributed by atoms with Crippen LogP contribution in [0, 0.1) is 6.92 Å². The molecule has 2 aromatic heterocycles. The summed E-state index contributed by atoms with van der Waals surface area (Å²) in [4.78, 5) is 49.2. The number of aromatic nitrogens is 4. The lowest BCUT2D eigenvalue weighted by atomic mass is 10.2. The average molecular weight is 536 g/mol. The summed E-state index contributed by atoms with van der Waals surface area (Å²) in [5, 5.41) is 9.78. The molecule has 10 nitrogen and oxygen atoms in total. The Morgan fingerprint density at radius 2 is 1.82 bits per heavy atom. The van der Waals surface area contributed by atoms with Crippen LogP contribution in [0.2, 0.25) is 5.02 Å². The van der Waals surface area contributed by atoms with Gasteiger partial charge in [0.25, 0.3) is 0 Å². The number of halogens is 1. The highest BCUT2D eigenvalue weighted by atomic mass is 35.5. The third kappa shape index (κ3) is 6.27. The molecule has 0 amide bonds. The molecule has 2 N–H and O–H groups in total. The molecule has 4 aromatic rings. The van der Waals surface area contributed by atoms with E-state index in [-0.39, 0.29) is 36.2 Å². The van der Waals surface area contributed by atoms with Gasteiger partial charge < -0.3 is 9.84 Å². The van der Waals surface area contributed by atoms with E-state index in [2.05, 4.69) is 15.0 Å². The molecule has 0 bridgehead atoms. The molecule has 0 aliphatic rings. The van der Waals surface area contributed by atoms with Crippen molar-refractivity contribution in [1.82, 2.24) is 19.1 Å². The number of pyridine rings is 1. The lowest BCUT2D eigenvalue weighted by molar-refractivity contribution is 0.0690. The number of aryl methyl sites for hydroxylation is 1. The fraction of sp³-hybridized carbons (Fsp3) is 0.222. The number of hydrogen-bond acceptors (Lipinski definition) is 6. The van der Waals surface area contributed by atoms with E-state index >= 15 is 0 Å². The fourth-order valence-electron chi connectivity index (χ4n) is 3.76. The van der Waals surface area contributed by atoms with E-state index in [1.165, 1.54) is 16.7 Å². The summed E-state index contributed by atoms with van der Waals surface area (Å²) in [5.41, 5.74) is 0.896. The Morgan fingerprint density at radius 1 is 1.08 bits per heavy atom. The molecule has 0 unspecified atom stereocenters. The molecule has 2 heterocycles. The summed E-state index contributed by atoms with van der Waals surface area (Å²) in [7, 11) is 0. The van der Waals surface area contributed by atoms with Gasteiger partial charge in [0, 0.05) is 5.02 Å². The highest BCUT2D eigenvalue weighted by Crippen LogP contribution is 2.24. The highest BCUT2D eigenvalue weighted by molar-refractivity contribution is 6.30. The van der Waals surface area contributed by atoms with Crippen molar-refractivity contribution >= 4 is 23.3 Å². The summed E-state index contributed by atoms with van der Waals surface area (Å²) in [6.07, 6.45) is 0.00708. The van der Waals surface area contributed by atoms with Gasteiger partial charge in [-0.15, -0.1) is 0 Å². The van der Waals surface area contributed by atoms with E-state index in [0.29, 0.717) is 16.5 Å². The minimum atomic E-state index is -1.21. The smallest absolute Gasteiger partial charge is 0.354 e. The van der Waals surface area contributed by atoms with Gasteiger partial charge in [-0.1, -0.05) is 29.8 Å². The average Bonchev–Trinajstić information content (AvgIpc) is 2.87. The molecule has 0 atom stereocenters. The van der Waals surface area contributed by atoms with Gasteiger partial charge in [0.15, 0.2) is 0 Å². The van der Waals surface area contributed by atoms with Gasteiger partial charge in [-0.2, -0.15) is 0 Å². The van der Waals surface area contributed by atoms with E-state index in [4.69, 9.17) is 16.3 Å². The second-order valence-electron chi connectivity index (χ2n) is 8.88. The second kappa shape index (κ2) is 11.3. The molecule has 196 valence electrons. The minimum absolute atomic E-state index is 0.00708. The van der Waals surface area contributed by atoms with Crippen molar-refractivity contribution in [3.05, 3.63) is 115 Å². The van der Waals surface area contributed by atoms with Crippen LogP contribution < -0.4 is 21.7 Å². The minimum Gasteiger partial charge on any atom is -0.491 e. The highest BCUT2D eigenvalue weighted by Gasteiger charge is 2.13. The van der Waals surface area contributed by atoms with Gasteiger partial charge in [0.05, 0.1) is 30.6 Å². The lowest BCUT2D eigenvalue weighted by Gasteiger charge is -2.13. The Balaban J connectivity index is 1.84. The number of benzene rings is 2. The number of rotatable bonds is 8. The summed E-state index contributed by atoms with van der Waals surface area (Å²) >= 11 is 6.02.